The zero-order valence-corrected chi connectivity index (χ0v) is 45.4. The average molecular weight is 963 g/mol. The standard InChI is InChI=1S/C68H72N4O/c1-44(2)33-45-31-32-69-63(34-45)72-59-26-16-15-23-57(59)58-30-29-54(42-62(58)72)73-53-22-19-21-52(41-53)70-43-71(61-28-18-17-27-60(61)70)64-55(46-35-48(65(3,4)5)39-49(36-46)66(6,7)8)24-20-25-56(64)47-37-50(67(9,10)11)40-51(38-47)68(12,13)14/h15-32,34-42,44H,33H2,1-14H3/i33D2. The number of pyridine rings is 1. The Labute approximate surface area is 437 Å². The molecule has 0 aliphatic carbocycles. The van der Waals surface area contributed by atoms with Gasteiger partial charge in [0.1, 0.15) is 17.3 Å². The van der Waals surface area contributed by atoms with Crippen LogP contribution in [0.15, 0.2) is 164 Å². The van der Waals surface area contributed by atoms with Crippen LogP contribution in [0, 0.1) is 12.2 Å². The summed E-state index contributed by atoms with van der Waals surface area (Å²) in [5.74, 6) is 1.80. The molecule has 10 aromatic rings. The third kappa shape index (κ3) is 9.75. The predicted octanol–water partition coefficient (Wildman–Crippen LogP) is 17.7. The number of para-hydroxylation sites is 4. The Hall–Kier alpha value is -7.24. The maximum absolute atomic E-state index is 8.89. The number of ether oxygens (including phenoxy) is 1. The molecule has 0 aliphatic heterocycles. The van der Waals surface area contributed by atoms with Crippen LogP contribution in [-0.2, 0) is 28.0 Å². The van der Waals surface area contributed by atoms with Gasteiger partial charge in [0.15, 0.2) is 0 Å². The number of hydrogen-bond acceptors (Lipinski definition) is 2. The zero-order chi connectivity index (χ0) is 53.6. The van der Waals surface area contributed by atoms with E-state index in [4.69, 9.17) is 12.5 Å². The minimum atomic E-state index is -1.52. The van der Waals surface area contributed by atoms with Crippen LogP contribution in [0.25, 0.3) is 72.3 Å². The van der Waals surface area contributed by atoms with Crippen molar-refractivity contribution in [1.29, 1.82) is 0 Å². The number of hydrogen-bond donors (Lipinski definition) is 0. The molecule has 0 saturated heterocycles. The molecule has 0 fully saturated rings. The fraction of sp³-hybridized carbons (Fsp3) is 0.294. The summed E-state index contributed by atoms with van der Waals surface area (Å²) in [4.78, 5) is 4.81. The molecule has 0 atom stereocenters. The lowest BCUT2D eigenvalue weighted by atomic mass is 9.77. The summed E-state index contributed by atoms with van der Waals surface area (Å²) in [5, 5.41) is 2.14. The minimum absolute atomic E-state index is 0.0712. The highest BCUT2D eigenvalue weighted by Crippen LogP contribution is 2.42. The molecule has 73 heavy (non-hydrogen) atoms. The van der Waals surface area contributed by atoms with Crippen molar-refractivity contribution in [3.63, 3.8) is 0 Å². The highest BCUT2D eigenvalue weighted by atomic mass is 16.5. The van der Waals surface area contributed by atoms with Gasteiger partial charge in [0.25, 0.3) is 6.33 Å². The van der Waals surface area contributed by atoms with Gasteiger partial charge in [0, 0.05) is 25.8 Å². The summed E-state index contributed by atoms with van der Waals surface area (Å²) in [6.45, 7) is 31.5. The predicted molar refractivity (Wildman–Crippen MR) is 307 cm³/mol. The lowest BCUT2D eigenvalue weighted by Crippen LogP contribution is -2.31. The van der Waals surface area contributed by atoms with Crippen molar-refractivity contribution < 1.29 is 12.0 Å². The Morgan fingerprint density at radius 3 is 1.66 bits per heavy atom. The van der Waals surface area contributed by atoms with Gasteiger partial charge in [-0.05, 0) is 133 Å². The van der Waals surface area contributed by atoms with Gasteiger partial charge in [-0.1, -0.05) is 200 Å². The fourth-order valence-corrected chi connectivity index (χ4v) is 10.0. The summed E-state index contributed by atoms with van der Waals surface area (Å²) in [5.41, 5.74) is 16.1. The topological polar surface area (TPSA) is 35.9 Å². The van der Waals surface area contributed by atoms with Gasteiger partial charge in [-0.3, -0.25) is 13.7 Å². The van der Waals surface area contributed by atoms with E-state index in [1.807, 2.05) is 44.2 Å². The second-order valence-electron chi connectivity index (χ2n) is 24.4. The van der Waals surface area contributed by atoms with Crippen LogP contribution in [0.3, 0.4) is 0 Å². The van der Waals surface area contributed by atoms with E-state index in [1.54, 1.807) is 12.3 Å². The van der Waals surface area contributed by atoms with Crippen LogP contribution >= 0.6 is 0 Å². The second kappa shape index (κ2) is 18.4. The first-order valence-corrected chi connectivity index (χ1v) is 26.0. The minimum Gasteiger partial charge on any atom is -0.458 e. The maximum Gasteiger partial charge on any atom is 0.269 e. The Bertz CT molecular complexity index is 3650. The van der Waals surface area contributed by atoms with Crippen LogP contribution < -0.4 is 9.30 Å². The van der Waals surface area contributed by atoms with Gasteiger partial charge < -0.3 is 4.74 Å². The quantitative estimate of drug-likeness (QED) is 0.107. The van der Waals surface area contributed by atoms with E-state index in [0.717, 1.165) is 55.3 Å². The Kier molecular flexibility index (Phi) is 11.8. The van der Waals surface area contributed by atoms with E-state index in [2.05, 4.69) is 224 Å². The molecule has 7 aromatic carbocycles. The molecule has 10 rings (SSSR count). The molecule has 0 spiro atoms. The SMILES string of the molecule is [2H]C([2H])(c1ccnc(-n2c3ccccc3c3ccc(Oc4cccc(-n5[c-][n+](-c6c(-c7cc(C(C)(C)C)cc(C(C)(C)C)c7)cccc6-c6cc(C(C)(C)C)cc(C(C)(C)C)c6)c6ccccc65)c4)cc32)c1)C(C)C. The lowest BCUT2D eigenvalue weighted by molar-refractivity contribution is -0.571. The van der Waals surface area contributed by atoms with Crippen LogP contribution in [0.4, 0.5) is 0 Å². The van der Waals surface area contributed by atoms with E-state index in [1.165, 1.54) is 33.4 Å². The van der Waals surface area contributed by atoms with Gasteiger partial charge in [-0.25, -0.2) is 4.98 Å². The van der Waals surface area contributed by atoms with E-state index >= 15 is 0 Å². The maximum atomic E-state index is 8.89. The summed E-state index contributed by atoms with van der Waals surface area (Å²) < 4.78 is 31.2. The Balaban J connectivity index is 1.15. The zero-order valence-electron chi connectivity index (χ0n) is 47.4. The summed E-state index contributed by atoms with van der Waals surface area (Å²) >= 11 is 0. The number of fused-ring (bicyclic) bond motifs is 4. The molecule has 370 valence electrons. The van der Waals surface area contributed by atoms with Gasteiger partial charge in [-0.2, -0.15) is 0 Å². The van der Waals surface area contributed by atoms with Crippen molar-refractivity contribution >= 4 is 32.8 Å². The van der Waals surface area contributed by atoms with Gasteiger partial charge in [0.2, 0.25) is 0 Å². The van der Waals surface area contributed by atoms with E-state index in [9.17, 15) is 0 Å². The van der Waals surface area contributed by atoms with Crippen molar-refractivity contribution in [2.75, 3.05) is 0 Å². The number of imidazole rings is 1. The molecule has 0 saturated carbocycles. The van der Waals surface area contributed by atoms with Crippen LogP contribution in [0.1, 0.15) is 127 Å². The molecule has 3 heterocycles. The second-order valence-corrected chi connectivity index (χ2v) is 24.4. The van der Waals surface area contributed by atoms with E-state index in [0.29, 0.717) is 22.9 Å². The first kappa shape index (κ1) is 46.8. The number of nitrogens with zero attached hydrogens (tertiary/aromatic N) is 4. The average Bonchev–Trinajstić information content (AvgIpc) is 3.91. The molecule has 3 aromatic heterocycles. The molecule has 0 radical (unpaired) electrons. The fourth-order valence-electron chi connectivity index (χ4n) is 10.0. The van der Waals surface area contributed by atoms with Crippen molar-refractivity contribution in [2.45, 2.75) is 125 Å². The lowest BCUT2D eigenvalue weighted by Gasteiger charge is -2.28. The van der Waals surface area contributed by atoms with Gasteiger partial charge in [0.05, 0.1) is 33.4 Å². The van der Waals surface area contributed by atoms with Crippen LogP contribution in [-0.4, -0.2) is 14.1 Å². The number of rotatable bonds is 9. The van der Waals surface area contributed by atoms with Crippen LogP contribution in [0.2, 0.25) is 0 Å². The van der Waals surface area contributed by atoms with E-state index < -0.39 is 6.37 Å². The summed E-state index contributed by atoms with van der Waals surface area (Å²) in [6, 6.07) is 56.3. The van der Waals surface area contributed by atoms with Gasteiger partial charge >= 0.3 is 0 Å². The first-order chi connectivity index (χ1) is 35.3. The number of aromatic nitrogens is 4. The molecule has 0 unspecified atom stereocenters. The molecule has 0 aliphatic rings. The van der Waals surface area contributed by atoms with Crippen molar-refractivity contribution in [3.05, 3.63) is 198 Å². The third-order valence-electron chi connectivity index (χ3n) is 14.2. The molecular formula is C68H72N4O. The van der Waals surface area contributed by atoms with Crippen molar-refractivity contribution in [1.82, 2.24) is 14.1 Å². The largest absolute Gasteiger partial charge is 0.458 e. The Morgan fingerprint density at radius 2 is 1.07 bits per heavy atom. The summed E-state index contributed by atoms with van der Waals surface area (Å²) in [6.07, 6.45) is 4.13. The Morgan fingerprint density at radius 1 is 0.534 bits per heavy atom. The molecular weight excluding hydrogens is 889 g/mol. The van der Waals surface area contributed by atoms with Gasteiger partial charge in [-0.15, -0.1) is 0 Å². The first-order valence-electron chi connectivity index (χ1n) is 27.0. The van der Waals surface area contributed by atoms with Crippen molar-refractivity contribution in [3.8, 4) is 50.9 Å². The number of benzene rings is 7. The highest BCUT2D eigenvalue weighted by molar-refractivity contribution is 6.09. The molecule has 0 N–H and O–H groups in total. The van der Waals surface area contributed by atoms with Crippen molar-refractivity contribution in [2.24, 2.45) is 5.92 Å². The normalized spacial score (nSPS) is 13.3. The molecule has 5 heteroatoms. The monoisotopic (exact) mass is 963 g/mol. The van der Waals surface area contributed by atoms with E-state index in [-0.39, 0.29) is 27.6 Å². The molecule has 0 bridgehead atoms. The smallest absolute Gasteiger partial charge is 0.269 e. The summed E-state index contributed by atoms with van der Waals surface area (Å²) in [7, 11) is 0. The highest BCUT2D eigenvalue weighted by Gasteiger charge is 2.27. The third-order valence-corrected chi connectivity index (χ3v) is 14.2. The molecule has 0 amide bonds. The molecule has 5 nitrogen and oxygen atoms in total. The van der Waals surface area contributed by atoms with Crippen LogP contribution in [0.5, 0.6) is 11.5 Å².